The largest absolute Gasteiger partial charge is 0.497 e. The molecule has 0 radical (unpaired) electrons. The Hall–Kier alpha value is -3.86. The van der Waals surface area contributed by atoms with E-state index in [9.17, 15) is 9.59 Å². The van der Waals surface area contributed by atoms with Crippen LogP contribution >= 0.6 is 0 Å². The maximum atomic E-state index is 13.2. The maximum absolute atomic E-state index is 13.2. The number of carbonyl (C=O) groups excluding carboxylic acids is 2. The van der Waals surface area contributed by atoms with Gasteiger partial charge in [0, 0.05) is 16.5 Å². The summed E-state index contributed by atoms with van der Waals surface area (Å²) in [5, 5.41) is 3.54. The third-order valence-electron chi connectivity index (χ3n) is 4.65. The van der Waals surface area contributed by atoms with Crippen LogP contribution in [-0.4, -0.2) is 18.8 Å². The number of nitrogens with one attached hydrogen (secondary N) is 1. The van der Waals surface area contributed by atoms with E-state index >= 15 is 0 Å². The Morgan fingerprint density at radius 2 is 1.66 bits per heavy atom. The zero-order chi connectivity index (χ0) is 20.4. The molecule has 1 amide bonds. The number of aryl methyl sites for hydroxylation is 1. The van der Waals surface area contributed by atoms with Crippen LogP contribution in [0.2, 0.25) is 0 Å². The molecule has 144 valence electrons. The molecule has 4 rings (SSSR count). The van der Waals surface area contributed by atoms with Gasteiger partial charge in [0.25, 0.3) is 5.91 Å². The first-order chi connectivity index (χ1) is 14.1. The van der Waals surface area contributed by atoms with Crippen molar-refractivity contribution in [1.29, 1.82) is 0 Å². The summed E-state index contributed by atoms with van der Waals surface area (Å²) in [7, 11) is 1.54. The molecule has 0 aliphatic carbocycles. The summed E-state index contributed by atoms with van der Waals surface area (Å²) < 4.78 is 11.1. The fraction of sp³-hybridized carbons (Fsp3) is 0.0833. The summed E-state index contributed by atoms with van der Waals surface area (Å²) in [6, 6.07) is 21.3. The topological polar surface area (TPSA) is 68.5 Å². The number of hydrogen-bond acceptors (Lipinski definition) is 4. The molecule has 0 aliphatic heterocycles. The zero-order valence-corrected chi connectivity index (χ0v) is 16.1. The Morgan fingerprint density at radius 3 is 2.45 bits per heavy atom. The minimum atomic E-state index is -0.334. The highest BCUT2D eigenvalue weighted by atomic mass is 16.5. The molecule has 1 aromatic heterocycles. The van der Waals surface area contributed by atoms with Crippen molar-refractivity contribution < 1.29 is 18.7 Å². The smallest absolute Gasteiger partial charge is 0.255 e. The molecule has 0 saturated carbocycles. The first-order valence-corrected chi connectivity index (χ1v) is 9.15. The van der Waals surface area contributed by atoms with Gasteiger partial charge in [-0.05, 0) is 43.3 Å². The Labute approximate surface area is 167 Å². The average molecular weight is 385 g/mol. The normalized spacial score (nSPS) is 10.7. The van der Waals surface area contributed by atoms with Crippen LogP contribution in [-0.2, 0) is 0 Å². The van der Waals surface area contributed by atoms with Gasteiger partial charge < -0.3 is 14.5 Å². The van der Waals surface area contributed by atoms with Gasteiger partial charge in [-0.2, -0.15) is 0 Å². The second-order valence-corrected chi connectivity index (χ2v) is 6.69. The Morgan fingerprint density at radius 1 is 0.897 bits per heavy atom. The monoisotopic (exact) mass is 385 g/mol. The van der Waals surface area contributed by atoms with Crippen molar-refractivity contribution in [2.75, 3.05) is 12.4 Å². The van der Waals surface area contributed by atoms with E-state index in [2.05, 4.69) is 5.32 Å². The molecule has 0 fully saturated rings. The molecule has 5 heteroatoms. The van der Waals surface area contributed by atoms with Crippen molar-refractivity contribution in [3.8, 4) is 5.75 Å². The van der Waals surface area contributed by atoms with E-state index in [0.717, 1.165) is 5.56 Å². The van der Waals surface area contributed by atoms with Crippen LogP contribution in [0.4, 0.5) is 5.69 Å². The fourth-order valence-electron chi connectivity index (χ4n) is 3.20. The highest BCUT2D eigenvalue weighted by molar-refractivity contribution is 6.19. The van der Waals surface area contributed by atoms with Gasteiger partial charge in [0.15, 0.2) is 5.76 Å². The van der Waals surface area contributed by atoms with Gasteiger partial charge in [0.05, 0.1) is 12.8 Å². The molecular formula is C24H19NO4. The maximum Gasteiger partial charge on any atom is 0.255 e. The van der Waals surface area contributed by atoms with E-state index in [-0.39, 0.29) is 17.5 Å². The standard InChI is InChI=1S/C24H19NO4/c1-15-7-5-9-17(13-15)24(27)25-21-19-11-3-4-12-20(19)29-23(21)22(26)16-8-6-10-18(14-16)28-2/h3-14H,1-2H3,(H,25,27). The summed E-state index contributed by atoms with van der Waals surface area (Å²) in [5.74, 6) is 0.0114. The van der Waals surface area contributed by atoms with Crippen LogP contribution in [0.15, 0.2) is 77.2 Å². The number of ether oxygens (including phenoxy) is 1. The molecule has 0 aliphatic rings. The van der Waals surface area contributed by atoms with E-state index < -0.39 is 0 Å². The summed E-state index contributed by atoms with van der Waals surface area (Å²) >= 11 is 0. The lowest BCUT2D eigenvalue weighted by molar-refractivity contribution is 0.101. The molecule has 0 bridgehead atoms. The van der Waals surface area contributed by atoms with Crippen molar-refractivity contribution in [3.05, 3.63) is 95.2 Å². The van der Waals surface area contributed by atoms with Gasteiger partial charge in [0.1, 0.15) is 11.3 Å². The number of para-hydroxylation sites is 1. The highest BCUT2D eigenvalue weighted by Crippen LogP contribution is 2.33. The van der Waals surface area contributed by atoms with Crippen LogP contribution in [0.5, 0.6) is 5.75 Å². The number of furan rings is 1. The van der Waals surface area contributed by atoms with Crippen molar-refractivity contribution in [1.82, 2.24) is 0 Å². The van der Waals surface area contributed by atoms with Crippen LogP contribution in [0, 0.1) is 6.92 Å². The number of amides is 1. The fourth-order valence-corrected chi connectivity index (χ4v) is 3.20. The molecule has 5 nitrogen and oxygen atoms in total. The summed E-state index contributed by atoms with van der Waals surface area (Å²) in [6.07, 6.45) is 0. The van der Waals surface area contributed by atoms with E-state index in [1.54, 1.807) is 42.5 Å². The number of anilines is 1. The molecule has 1 N–H and O–H groups in total. The summed E-state index contributed by atoms with van der Waals surface area (Å²) in [5.41, 5.74) is 2.78. The summed E-state index contributed by atoms with van der Waals surface area (Å²) in [4.78, 5) is 26.0. The molecule has 0 unspecified atom stereocenters. The lowest BCUT2D eigenvalue weighted by atomic mass is 10.1. The van der Waals surface area contributed by atoms with E-state index in [1.165, 1.54) is 7.11 Å². The van der Waals surface area contributed by atoms with Gasteiger partial charge in [-0.25, -0.2) is 0 Å². The Kier molecular flexibility index (Phi) is 4.87. The average Bonchev–Trinajstić information content (AvgIpc) is 3.11. The van der Waals surface area contributed by atoms with Gasteiger partial charge >= 0.3 is 0 Å². The number of methoxy groups -OCH3 is 1. The van der Waals surface area contributed by atoms with E-state index in [4.69, 9.17) is 9.15 Å². The number of carbonyl (C=O) groups is 2. The summed E-state index contributed by atoms with van der Waals surface area (Å²) in [6.45, 7) is 1.92. The number of benzene rings is 3. The van der Waals surface area contributed by atoms with Crippen LogP contribution in [0.25, 0.3) is 11.0 Å². The van der Waals surface area contributed by atoms with Crippen LogP contribution in [0.3, 0.4) is 0 Å². The number of ketones is 1. The highest BCUT2D eigenvalue weighted by Gasteiger charge is 2.24. The molecular weight excluding hydrogens is 366 g/mol. The molecule has 3 aromatic carbocycles. The molecule has 29 heavy (non-hydrogen) atoms. The van der Waals surface area contributed by atoms with Crippen LogP contribution in [0.1, 0.15) is 32.0 Å². The Bertz CT molecular complexity index is 1220. The third-order valence-corrected chi connectivity index (χ3v) is 4.65. The molecule has 4 aromatic rings. The minimum Gasteiger partial charge on any atom is -0.497 e. The lowest BCUT2D eigenvalue weighted by Gasteiger charge is -2.07. The van der Waals surface area contributed by atoms with Crippen molar-refractivity contribution in [2.24, 2.45) is 0 Å². The molecule has 0 spiro atoms. The quantitative estimate of drug-likeness (QED) is 0.478. The second-order valence-electron chi connectivity index (χ2n) is 6.69. The van der Waals surface area contributed by atoms with Crippen molar-refractivity contribution in [3.63, 3.8) is 0 Å². The van der Waals surface area contributed by atoms with Gasteiger partial charge in [-0.1, -0.05) is 42.0 Å². The van der Waals surface area contributed by atoms with Crippen molar-refractivity contribution in [2.45, 2.75) is 6.92 Å². The molecule has 0 atom stereocenters. The number of hydrogen-bond donors (Lipinski definition) is 1. The van der Waals surface area contributed by atoms with Crippen molar-refractivity contribution >= 4 is 28.3 Å². The zero-order valence-electron chi connectivity index (χ0n) is 16.1. The number of fused-ring (bicyclic) bond motifs is 1. The van der Waals surface area contributed by atoms with Gasteiger partial charge in [-0.15, -0.1) is 0 Å². The predicted molar refractivity (Wildman–Crippen MR) is 112 cm³/mol. The SMILES string of the molecule is COc1cccc(C(=O)c2oc3ccccc3c2NC(=O)c2cccc(C)c2)c1. The van der Waals surface area contributed by atoms with E-state index in [0.29, 0.717) is 33.5 Å². The minimum absolute atomic E-state index is 0.0838. The molecule has 1 heterocycles. The molecule has 0 saturated heterocycles. The Balaban J connectivity index is 1.78. The van der Waals surface area contributed by atoms with Crippen LogP contribution < -0.4 is 10.1 Å². The number of rotatable bonds is 5. The second kappa shape index (κ2) is 7.64. The van der Waals surface area contributed by atoms with Gasteiger partial charge in [-0.3, -0.25) is 9.59 Å². The van der Waals surface area contributed by atoms with E-state index in [1.807, 2.05) is 37.3 Å². The lowest BCUT2D eigenvalue weighted by Crippen LogP contribution is -2.14. The third kappa shape index (κ3) is 3.62. The first-order valence-electron chi connectivity index (χ1n) is 9.15. The predicted octanol–water partition coefficient (Wildman–Crippen LogP) is 5.23. The van der Waals surface area contributed by atoms with Gasteiger partial charge in [0.2, 0.25) is 5.78 Å². The first kappa shape index (κ1) is 18.5.